The summed E-state index contributed by atoms with van der Waals surface area (Å²) in [5, 5.41) is -0.286. The van der Waals surface area contributed by atoms with Crippen LogP contribution in [0.4, 0.5) is 5.82 Å². The molecule has 1 heterocycles. The van der Waals surface area contributed by atoms with E-state index in [-0.39, 0.29) is 19.3 Å². The molecule has 1 aromatic rings. The molecule has 0 aliphatic carbocycles. The molecule has 6 heteroatoms. The molecule has 0 saturated heterocycles. The van der Waals surface area contributed by atoms with Gasteiger partial charge in [-0.3, -0.25) is 4.79 Å². The van der Waals surface area contributed by atoms with Crippen LogP contribution in [0.5, 0.6) is 0 Å². The molecule has 0 aromatic carbocycles. The summed E-state index contributed by atoms with van der Waals surface area (Å²) in [6.45, 7) is 0.521. The molecule has 1 unspecified atom stereocenters. The van der Waals surface area contributed by atoms with Crippen LogP contribution in [0.2, 0.25) is 0 Å². The van der Waals surface area contributed by atoms with Crippen molar-refractivity contribution in [2.45, 2.75) is 12.7 Å². The fourth-order valence-electron chi connectivity index (χ4n) is 0.827. The third-order valence-electron chi connectivity index (χ3n) is 1.45. The Morgan fingerprint density at radius 1 is 1.71 bits per heavy atom. The number of anilines is 1. The summed E-state index contributed by atoms with van der Waals surface area (Å²) in [4.78, 5) is 17.5. The van der Waals surface area contributed by atoms with Crippen LogP contribution >= 0.6 is 12.6 Å². The van der Waals surface area contributed by atoms with Gasteiger partial charge in [-0.25, -0.2) is 9.97 Å². The number of hydrogen-bond acceptors (Lipinski definition) is 6. The highest BCUT2D eigenvalue weighted by molar-refractivity contribution is 7.80. The molecule has 14 heavy (non-hydrogen) atoms. The first-order valence-corrected chi connectivity index (χ1v) is 4.06. The second-order valence-electron chi connectivity index (χ2n) is 2.31. The van der Waals surface area contributed by atoms with E-state index in [1.54, 1.807) is 6.20 Å². The van der Waals surface area contributed by atoms with Gasteiger partial charge in [0.25, 0.3) is 6.47 Å². The molecule has 0 aliphatic heterocycles. The minimum Gasteiger partial charge on any atom is -0.466 e. The van der Waals surface area contributed by atoms with Crippen LogP contribution in [-0.4, -0.2) is 23.0 Å². The average molecular weight is 215 g/mol. The standard InChI is InChI=1S/C7H9N3O2S.CH4/c8-7-5(1-9-3-10-7)6(13)2-12-4-11;/h1,3-4,6,13H,2H2,(H2,8,9,10);1H4. The lowest BCUT2D eigenvalue weighted by atomic mass is 10.2. The van der Waals surface area contributed by atoms with Crippen molar-refractivity contribution < 1.29 is 9.53 Å². The quantitative estimate of drug-likeness (QED) is 0.575. The largest absolute Gasteiger partial charge is 0.466 e. The second-order valence-corrected chi connectivity index (χ2v) is 2.93. The zero-order chi connectivity index (χ0) is 9.68. The predicted octanol–water partition coefficient (Wildman–Crippen LogP) is 0.839. The summed E-state index contributed by atoms with van der Waals surface area (Å²) in [6, 6.07) is 0. The van der Waals surface area contributed by atoms with Gasteiger partial charge in [-0.05, 0) is 0 Å². The SMILES string of the molecule is C.Nc1ncncc1C(S)COC=O. The minimum absolute atomic E-state index is 0. The summed E-state index contributed by atoms with van der Waals surface area (Å²) in [5.41, 5.74) is 6.21. The second kappa shape index (κ2) is 6.20. The molecule has 1 rings (SSSR count). The van der Waals surface area contributed by atoms with Gasteiger partial charge in [0.1, 0.15) is 18.8 Å². The summed E-state index contributed by atoms with van der Waals surface area (Å²) in [5.74, 6) is 0.351. The first-order chi connectivity index (χ1) is 6.25. The molecular weight excluding hydrogens is 202 g/mol. The van der Waals surface area contributed by atoms with Crippen LogP contribution < -0.4 is 5.73 Å². The molecule has 0 radical (unpaired) electrons. The fraction of sp³-hybridized carbons (Fsp3) is 0.375. The Balaban J connectivity index is 0.00000169. The number of rotatable bonds is 4. The molecule has 5 nitrogen and oxygen atoms in total. The molecule has 0 saturated carbocycles. The summed E-state index contributed by atoms with van der Waals surface area (Å²) in [7, 11) is 0. The number of carbonyl (C=O) groups is 1. The van der Waals surface area contributed by atoms with E-state index in [4.69, 9.17) is 5.73 Å². The van der Waals surface area contributed by atoms with E-state index in [0.29, 0.717) is 17.9 Å². The summed E-state index contributed by atoms with van der Waals surface area (Å²) in [6.07, 6.45) is 2.90. The molecular formula is C8H13N3O2S. The van der Waals surface area contributed by atoms with Gasteiger partial charge in [0.15, 0.2) is 0 Å². The van der Waals surface area contributed by atoms with Crippen LogP contribution in [0, 0.1) is 0 Å². The maximum atomic E-state index is 9.91. The average Bonchev–Trinajstić information content (AvgIpc) is 2.15. The lowest BCUT2D eigenvalue weighted by molar-refractivity contribution is -0.128. The number of aromatic nitrogens is 2. The lowest BCUT2D eigenvalue weighted by Gasteiger charge is -2.09. The molecule has 0 amide bonds. The van der Waals surface area contributed by atoms with Crippen LogP contribution in [0.3, 0.4) is 0 Å². The number of hydrogen-bond donors (Lipinski definition) is 2. The van der Waals surface area contributed by atoms with Gasteiger partial charge < -0.3 is 10.5 Å². The third-order valence-corrected chi connectivity index (χ3v) is 1.88. The van der Waals surface area contributed by atoms with Gasteiger partial charge in [0.05, 0.1) is 5.25 Å². The fourth-order valence-corrected chi connectivity index (χ4v) is 1.11. The smallest absolute Gasteiger partial charge is 0.293 e. The normalized spacial score (nSPS) is 11.2. The number of nitrogen functional groups attached to an aromatic ring is 1. The highest BCUT2D eigenvalue weighted by Crippen LogP contribution is 2.22. The highest BCUT2D eigenvalue weighted by atomic mass is 32.1. The molecule has 2 N–H and O–H groups in total. The van der Waals surface area contributed by atoms with Crippen molar-refractivity contribution in [2.75, 3.05) is 12.3 Å². The van der Waals surface area contributed by atoms with Gasteiger partial charge in [-0.1, -0.05) is 7.43 Å². The Kier molecular flexibility index (Phi) is 5.62. The van der Waals surface area contributed by atoms with Gasteiger partial charge in [0.2, 0.25) is 0 Å². The van der Waals surface area contributed by atoms with E-state index in [0.717, 1.165) is 0 Å². The van der Waals surface area contributed by atoms with Gasteiger partial charge in [-0.2, -0.15) is 12.6 Å². The lowest BCUT2D eigenvalue weighted by Crippen LogP contribution is -2.06. The van der Waals surface area contributed by atoms with Crippen LogP contribution in [0.1, 0.15) is 18.2 Å². The monoisotopic (exact) mass is 215 g/mol. The molecule has 0 fully saturated rings. The first kappa shape index (κ1) is 12.7. The van der Waals surface area contributed by atoms with Gasteiger partial charge in [0, 0.05) is 11.8 Å². The zero-order valence-electron chi connectivity index (χ0n) is 6.75. The summed E-state index contributed by atoms with van der Waals surface area (Å²) < 4.78 is 4.54. The maximum absolute atomic E-state index is 9.91. The van der Waals surface area contributed by atoms with Gasteiger partial charge >= 0.3 is 0 Å². The number of nitrogens with zero attached hydrogens (tertiary/aromatic N) is 2. The zero-order valence-corrected chi connectivity index (χ0v) is 7.65. The third kappa shape index (κ3) is 3.21. The topological polar surface area (TPSA) is 78.1 Å². The van der Waals surface area contributed by atoms with Crippen molar-refractivity contribution in [1.29, 1.82) is 0 Å². The number of ether oxygens (including phenoxy) is 1. The summed E-state index contributed by atoms with van der Waals surface area (Å²) >= 11 is 4.18. The number of nitrogens with two attached hydrogens (primary N) is 1. The molecule has 1 aromatic heterocycles. The highest BCUT2D eigenvalue weighted by Gasteiger charge is 2.10. The molecule has 78 valence electrons. The Bertz CT molecular complexity index is 296. The van der Waals surface area contributed by atoms with Crippen molar-refractivity contribution in [3.05, 3.63) is 18.1 Å². The Morgan fingerprint density at radius 2 is 2.43 bits per heavy atom. The van der Waals surface area contributed by atoms with E-state index in [1.807, 2.05) is 0 Å². The number of carbonyl (C=O) groups excluding carboxylic acids is 1. The van der Waals surface area contributed by atoms with Crippen molar-refractivity contribution in [3.8, 4) is 0 Å². The first-order valence-electron chi connectivity index (χ1n) is 3.54. The minimum atomic E-state index is -0.286. The van der Waals surface area contributed by atoms with Crippen molar-refractivity contribution >= 4 is 24.9 Å². The Hall–Kier alpha value is -1.30. The van der Waals surface area contributed by atoms with E-state index in [9.17, 15) is 4.79 Å². The molecule has 0 bridgehead atoms. The molecule has 0 spiro atoms. The predicted molar refractivity (Wildman–Crippen MR) is 56.9 cm³/mol. The van der Waals surface area contributed by atoms with Crippen LogP contribution in [-0.2, 0) is 9.53 Å². The van der Waals surface area contributed by atoms with E-state index >= 15 is 0 Å². The van der Waals surface area contributed by atoms with Crippen LogP contribution in [0.25, 0.3) is 0 Å². The van der Waals surface area contributed by atoms with E-state index in [2.05, 4.69) is 27.3 Å². The van der Waals surface area contributed by atoms with Crippen molar-refractivity contribution in [3.63, 3.8) is 0 Å². The van der Waals surface area contributed by atoms with E-state index < -0.39 is 0 Å². The molecule has 1 atom stereocenters. The van der Waals surface area contributed by atoms with E-state index in [1.165, 1.54) is 6.33 Å². The van der Waals surface area contributed by atoms with Crippen molar-refractivity contribution in [1.82, 2.24) is 9.97 Å². The number of thiol groups is 1. The molecule has 0 aliphatic rings. The Morgan fingerprint density at radius 3 is 3.00 bits per heavy atom. The van der Waals surface area contributed by atoms with Gasteiger partial charge in [-0.15, -0.1) is 0 Å². The maximum Gasteiger partial charge on any atom is 0.293 e. The Labute approximate surface area is 88.1 Å². The van der Waals surface area contributed by atoms with Crippen molar-refractivity contribution in [2.24, 2.45) is 0 Å². The van der Waals surface area contributed by atoms with Crippen LogP contribution in [0.15, 0.2) is 12.5 Å².